The van der Waals surface area contributed by atoms with E-state index in [0.29, 0.717) is 17.1 Å². The summed E-state index contributed by atoms with van der Waals surface area (Å²) in [5.74, 6) is 0.0355. The number of anilines is 1. The lowest BCUT2D eigenvalue weighted by Crippen LogP contribution is -2.03. The lowest BCUT2D eigenvalue weighted by atomic mass is 10.1. The summed E-state index contributed by atoms with van der Waals surface area (Å²) in [5.41, 5.74) is 9.60. The van der Waals surface area contributed by atoms with Gasteiger partial charge in [0.05, 0.1) is 5.69 Å². The van der Waals surface area contributed by atoms with Crippen LogP contribution in [-0.4, -0.2) is 20.2 Å². The minimum Gasteiger partial charge on any atom is -0.399 e. The van der Waals surface area contributed by atoms with Crippen LogP contribution in [0.15, 0.2) is 36.4 Å². The predicted molar refractivity (Wildman–Crippen MR) is 78.4 cm³/mol. The largest absolute Gasteiger partial charge is 0.399 e. The predicted octanol–water partition coefficient (Wildman–Crippen LogP) is 2.67. The number of rotatable bonds is 2. The molecule has 0 saturated heterocycles. The molecule has 0 bridgehead atoms. The molecular formula is C15H14FN5. The SMILES string of the molecule is Cc1ccc(-n2nnnc2-c2cc(N)cc(F)c2)c(C)c1. The summed E-state index contributed by atoms with van der Waals surface area (Å²) in [6, 6.07) is 10.2. The van der Waals surface area contributed by atoms with E-state index in [2.05, 4.69) is 15.5 Å². The van der Waals surface area contributed by atoms with Gasteiger partial charge in [0, 0.05) is 11.3 Å². The number of aromatic nitrogens is 4. The Kier molecular flexibility index (Phi) is 3.13. The standard InChI is InChI=1S/C15H14FN5/c1-9-3-4-14(10(2)5-9)21-15(18-19-20-21)11-6-12(16)8-13(17)7-11/h3-8H,17H2,1-2H3. The van der Waals surface area contributed by atoms with Crippen LogP contribution in [-0.2, 0) is 0 Å². The van der Waals surface area contributed by atoms with Gasteiger partial charge in [-0.05, 0) is 54.1 Å². The van der Waals surface area contributed by atoms with Crippen LogP contribution in [0.3, 0.4) is 0 Å². The average Bonchev–Trinajstić information content (AvgIpc) is 2.86. The fourth-order valence-electron chi connectivity index (χ4n) is 2.31. The average molecular weight is 283 g/mol. The first kappa shape index (κ1) is 13.2. The Morgan fingerprint density at radius 3 is 2.62 bits per heavy atom. The number of tetrazole rings is 1. The third-order valence-electron chi connectivity index (χ3n) is 3.23. The van der Waals surface area contributed by atoms with E-state index >= 15 is 0 Å². The van der Waals surface area contributed by atoms with Gasteiger partial charge >= 0.3 is 0 Å². The zero-order valence-electron chi connectivity index (χ0n) is 11.7. The molecule has 3 rings (SSSR count). The molecule has 0 aliphatic rings. The van der Waals surface area contributed by atoms with E-state index in [1.54, 1.807) is 10.7 Å². The zero-order valence-corrected chi connectivity index (χ0v) is 11.7. The van der Waals surface area contributed by atoms with Crippen molar-refractivity contribution >= 4 is 5.69 Å². The second kappa shape index (κ2) is 4.97. The Balaban J connectivity index is 2.17. The van der Waals surface area contributed by atoms with Gasteiger partial charge in [-0.25, -0.2) is 4.39 Å². The van der Waals surface area contributed by atoms with E-state index < -0.39 is 5.82 Å². The summed E-state index contributed by atoms with van der Waals surface area (Å²) in [7, 11) is 0. The molecule has 3 aromatic rings. The monoisotopic (exact) mass is 283 g/mol. The molecule has 0 aliphatic heterocycles. The third-order valence-corrected chi connectivity index (χ3v) is 3.23. The molecule has 0 aliphatic carbocycles. The number of nitrogens with zero attached hydrogens (tertiary/aromatic N) is 4. The summed E-state index contributed by atoms with van der Waals surface area (Å²) < 4.78 is 15.1. The molecule has 2 N–H and O–H groups in total. The molecule has 1 heterocycles. The molecule has 6 heteroatoms. The first-order valence-electron chi connectivity index (χ1n) is 6.47. The van der Waals surface area contributed by atoms with E-state index in [9.17, 15) is 4.39 Å². The van der Waals surface area contributed by atoms with Gasteiger partial charge < -0.3 is 5.73 Å². The Labute approximate surface area is 121 Å². The first-order valence-corrected chi connectivity index (χ1v) is 6.47. The highest BCUT2D eigenvalue weighted by atomic mass is 19.1. The van der Waals surface area contributed by atoms with Crippen molar-refractivity contribution in [1.82, 2.24) is 20.2 Å². The molecule has 0 amide bonds. The van der Waals surface area contributed by atoms with Crippen LogP contribution in [0.1, 0.15) is 11.1 Å². The molecule has 0 spiro atoms. The summed E-state index contributed by atoms with van der Waals surface area (Å²) in [6.07, 6.45) is 0. The topological polar surface area (TPSA) is 69.6 Å². The van der Waals surface area contributed by atoms with Crippen LogP contribution >= 0.6 is 0 Å². The fraction of sp³-hybridized carbons (Fsp3) is 0.133. The quantitative estimate of drug-likeness (QED) is 0.734. The maximum atomic E-state index is 13.5. The van der Waals surface area contributed by atoms with E-state index in [4.69, 9.17) is 5.73 Å². The van der Waals surface area contributed by atoms with Crippen LogP contribution < -0.4 is 5.73 Å². The molecule has 0 saturated carbocycles. The van der Waals surface area contributed by atoms with Gasteiger partial charge in [0.25, 0.3) is 0 Å². The summed E-state index contributed by atoms with van der Waals surface area (Å²) in [4.78, 5) is 0. The van der Waals surface area contributed by atoms with Gasteiger partial charge in [-0.3, -0.25) is 0 Å². The van der Waals surface area contributed by atoms with Crippen molar-refractivity contribution in [2.45, 2.75) is 13.8 Å². The Bertz CT molecular complexity index is 789. The molecule has 1 aromatic heterocycles. The van der Waals surface area contributed by atoms with E-state index in [1.807, 2.05) is 32.0 Å². The Morgan fingerprint density at radius 1 is 1.10 bits per heavy atom. The molecule has 21 heavy (non-hydrogen) atoms. The maximum Gasteiger partial charge on any atom is 0.187 e. The first-order chi connectivity index (χ1) is 10.0. The molecule has 0 radical (unpaired) electrons. The van der Waals surface area contributed by atoms with Gasteiger partial charge in [0.2, 0.25) is 0 Å². The summed E-state index contributed by atoms with van der Waals surface area (Å²) in [6.45, 7) is 4.00. The van der Waals surface area contributed by atoms with Crippen molar-refractivity contribution in [2.24, 2.45) is 0 Å². The van der Waals surface area contributed by atoms with Crippen LogP contribution in [0.2, 0.25) is 0 Å². The molecular weight excluding hydrogens is 269 g/mol. The molecule has 0 unspecified atom stereocenters. The van der Waals surface area contributed by atoms with E-state index in [1.165, 1.54) is 12.1 Å². The fourth-order valence-corrected chi connectivity index (χ4v) is 2.31. The zero-order chi connectivity index (χ0) is 15.0. The molecule has 2 aromatic carbocycles. The van der Waals surface area contributed by atoms with Crippen molar-refractivity contribution in [3.63, 3.8) is 0 Å². The third kappa shape index (κ3) is 2.47. The minimum atomic E-state index is -0.417. The highest BCUT2D eigenvalue weighted by Gasteiger charge is 2.13. The van der Waals surface area contributed by atoms with Gasteiger partial charge in [0.1, 0.15) is 5.82 Å². The van der Waals surface area contributed by atoms with Crippen LogP contribution in [0.5, 0.6) is 0 Å². The number of hydrogen-bond acceptors (Lipinski definition) is 4. The molecule has 106 valence electrons. The van der Waals surface area contributed by atoms with E-state index in [-0.39, 0.29) is 0 Å². The Morgan fingerprint density at radius 2 is 1.90 bits per heavy atom. The number of nitrogen functional groups attached to an aromatic ring is 1. The molecule has 5 nitrogen and oxygen atoms in total. The highest BCUT2D eigenvalue weighted by Crippen LogP contribution is 2.24. The summed E-state index contributed by atoms with van der Waals surface area (Å²) in [5, 5.41) is 11.7. The number of hydrogen-bond donors (Lipinski definition) is 1. The van der Waals surface area contributed by atoms with Crippen LogP contribution in [0.4, 0.5) is 10.1 Å². The lowest BCUT2D eigenvalue weighted by Gasteiger charge is -2.09. The van der Waals surface area contributed by atoms with Crippen molar-refractivity contribution in [3.05, 3.63) is 53.3 Å². The normalized spacial score (nSPS) is 10.8. The second-order valence-corrected chi connectivity index (χ2v) is 4.98. The smallest absolute Gasteiger partial charge is 0.187 e. The van der Waals surface area contributed by atoms with E-state index in [0.717, 1.165) is 16.8 Å². The number of aryl methyl sites for hydroxylation is 2. The summed E-state index contributed by atoms with van der Waals surface area (Å²) >= 11 is 0. The van der Waals surface area contributed by atoms with Crippen molar-refractivity contribution in [2.75, 3.05) is 5.73 Å². The van der Waals surface area contributed by atoms with Crippen LogP contribution in [0.25, 0.3) is 17.1 Å². The van der Waals surface area contributed by atoms with Crippen molar-refractivity contribution < 1.29 is 4.39 Å². The van der Waals surface area contributed by atoms with Gasteiger partial charge in [0.15, 0.2) is 5.82 Å². The van der Waals surface area contributed by atoms with Crippen molar-refractivity contribution in [3.8, 4) is 17.1 Å². The lowest BCUT2D eigenvalue weighted by molar-refractivity contribution is 0.628. The van der Waals surface area contributed by atoms with Gasteiger partial charge in [-0.1, -0.05) is 17.7 Å². The highest BCUT2D eigenvalue weighted by molar-refractivity contribution is 5.63. The second-order valence-electron chi connectivity index (χ2n) is 4.98. The molecule has 0 fully saturated rings. The number of halogens is 1. The van der Waals surface area contributed by atoms with Crippen molar-refractivity contribution in [1.29, 1.82) is 0 Å². The Hall–Kier alpha value is -2.76. The molecule has 0 atom stereocenters. The van der Waals surface area contributed by atoms with Gasteiger partial charge in [-0.2, -0.15) is 4.68 Å². The van der Waals surface area contributed by atoms with Gasteiger partial charge in [-0.15, -0.1) is 5.10 Å². The minimum absolute atomic E-state index is 0.333. The number of benzene rings is 2. The van der Waals surface area contributed by atoms with Crippen LogP contribution in [0, 0.1) is 19.7 Å². The number of nitrogens with two attached hydrogens (primary N) is 1. The maximum absolute atomic E-state index is 13.5.